The molecule has 2 N–H and O–H groups in total. The minimum Gasteiger partial charge on any atom is -0.332 e. The van der Waals surface area contributed by atoms with E-state index in [9.17, 15) is 4.79 Å². The molecule has 2 heterocycles. The summed E-state index contributed by atoms with van der Waals surface area (Å²) < 4.78 is 0. The van der Waals surface area contributed by atoms with E-state index in [0.717, 1.165) is 17.0 Å². The minimum atomic E-state index is -0.289. The van der Waals surface area contributed by atoms with E-state index in [1.54, 1.807) is 6.20 Å². The summed E-state index contributed by atoms with van der Waals surface area (Å²) in [5.74, 6) is 0.552. The SMILES string of the molecule is Cc1cc(C)nc(NC(=O)NCc2ccccn2)c1. The number of hydrogen-bond acceptors (Lipinski definition) is 3. The van der Waals surface area contributed by atoms with Gasteiger partial charge >= 0.3 is 6.03 Å². The van der Waals surface area contributed by atoms with Crippen LogP contribution in [0.25, 0.3) is 0 Å². The van der Waals surface area contributed by atoms with E-state index < -0.39 is 0 Å². The topological polar surface area (TPSA) is 66.9 Å². The Labute approximate surface area is 112 Å². The first kappa shape index (κ1) is 13.0. The van der Waals surface area contributed by atoms with Gasteiger partial charge in [0.25, 0.3) is 0 Å². The molecule has 98 valence electrons. The number of pyridine rings is 2. The van der Waals surface area contributed by atoms with E-state index in [-0.39, 0.29) is 6.03 Å². The number of nitrogens with zero attached hydrogens (tertiary/aromatic N) is 2. The van der Waals surface area contributed by atoms with Crippen molar-refractivity contribution in [2.75, 3.05) is 5.32 Å². The molecule has 0 spiro atoms. The largest absolute Gasteiger partial charge is 0.332 e. The van der Waals surface area contributed by atoms with Crippen molar-refractivity contribution in [3.63, 3.8) is 0 Å². The van der Waals surface area contributed by atoms with Crippen LogP contribution >= 0.6 is 0 Å². The Balaban J connectivity index is 1.91. The molecule has 5 heteroatoms. The molecule has 0 saturated carbocycles. The van der Waals surface area contributed by atoms with Crippen molar-refractivity contribution in [1.82, 2.24) is 15.3 Å². The number of nitrogens with one attached hydrogen (secondary N) is 2. The molecule has 2 rings (SSSR count). The molecule has 0 atom stereocenters. The lowest BCUT2D eigenvalue weighted by Crippen LogP contribution is -2.28. The van der Waals surface area contributed by atoms with E-state index in [2.05, 4.69) is 20.6 Å². The van der Waals surface area contributed by atoms with Crippen LogP contribution in [0.3, 0.4) is 0 Å². The van der Waals surface area contributed by atoms with Crippen molar-refractivity contribution in [3.8, 4) is 0 Å². The predicted octanol–water partition coefficient (Wildman–Crippen LogP) is 2.42. The van der Waals surface area contributed by atoms with Gasteiger partial charge in [-0.1, -0.05) is 6.07 Å². The Hall–Kier alpha value is -2.43. The van der Waals surface area contributed by atoms with Gasteiger partial charge in [-0.25, -0.2) is 9.78 Å². The zero-order valence-corrected chi connectivity index (χ0v) is 11.0. The second kappa shape index (κ2) is 5.95. The number of aryl methyl sites for hydroxylation is 2. The first-order chi connectivity index (χ1) is 9.13. The summed E-state index contributed by atoms with van der Waals surface area (Å²) in [6, 6.07) is 9.07. The van der Waals surface area contributed by atoms with Crippen molar-refractivity contribution < 1.29 is 4.79 Å². The Morgan fingerprint density at radius 1 is 1.26 bits per heavy atom. The molecule has 0 bridgehead atoms. The van der Waals surface area contributed by atoms with Crippen LogP contribution in [0.4, 0.5) is 10.6 Å². The standard InChI is InChI=1S/C14H16N4O/c1-10-7-11(2)17-13(8-10)18-14(19)16-9-12-5-3-4-6-15-12/h3-8H,9H2,1-2H3,(H2,16,17,18,19). The normalized spacial score (nSPS) is 10.0. The van der Waals surface area contributed by atoms with Gasteiger partial charge in [0, 0.05) is 11.9 Å². The molecule has 5 nitrogen and oxygen atoms in total. The van der Waals surface area contributed by atoms with E-state index in [0.29, 0.717) is 12.4 Å². The van der Waals surface area contributed by atoms with Crippen molar-refractivity contribution in [1.29, 1.82) is 0 Å². The van der Waals surface area contributed by atoms with Gasteiger partial charge in [0.1, 0.15) is 5.82 Å². The molecule has 0 saturated heterocycles. The summed E-state index contributed by atoms with van der Waals surface area (Å²) in [6.45, 7) is 4.24. The van der Waals surface area contributed by atoms with Crippen molar-refractivity contribution in [3.05, 3.63) is 53.5 Å². The quantitative estimate of drug-likeness (QED) is 0.886. The molecular formula is C14H16N4O. The smallest absolute Gasteiger partial charge is 0.320 e. The zero-order chi connectivity index (χ0) is 13.7. The first-order valence-corrected chi connectivity index (χ1v) is 6.03. The maximum absolute atomic E-state index is 11.7. The molecular weight excluding hydrogens is 240 g/mol. The highest BCUT2D eigenvalue weighted by atomic mass is 16.2. The van der Waals surface area contributed by atoms with Gasteiger partial charge in [-0.05, 0) is 43.7 Å². The van der Waals surface area contributed by atoms with Crippen LogP contribution in [0, 0.1) is 13.8 Å². The van der Waals surface area contributed by atoms with Crippen LogP contribution in [0.15, 0.2) is 36.5 Å². The number of rotatable bonds is 3. The third-order valence-corrected chi connectivity index (χ3v) is 2.50. The fourth-order valence-electron chi connectivity index (χ4n) is 1.74. The monoisotopic (exact) mass is 256 g/mol. The Kier molecular flexibility index (Phi) is 4.07. The summed E-state index contributed by atoms with van der Waals surface area (Å²) in [6.07, 6.45) is 1.69. The maximum Gasteiger partial charge on any atom is 0.320 e. The van der Waals surface area contributed by atoms with E-state index in [4.69, 9.17) is 0 Å². The number of anilines is 1. The highest BCUT2D eigenvalue weighted by Gasteiger charge is 2.04. The minimum absolute atomic E-state index is 0.289. The van der Waals surface area contributed by atoms with Gasteiger partial charge in [-0.3, -0.25) is 10.3 Å². The van der Waals surface area contributed by atoms with E-state index in [1.165, 1.54) is 0 Å². The molecule has 0 aliphatic carbocycles. The molecule has 0 fully saturated rings. The summed E-state index contributed by atoms with van der Waals surface area (Å²) >= 11 is 0. The lowest BCUT2D eigenvalue weighted by molar-refractivity contribution is 0.251. The Morgan fingerprint density at radius 3 is 2.79 bits per heavy atom. The van der Waals surface area contributed by atoms with E-state index >= 15 is 0 Å². The third-order valence-electron chi connectivity index (χ3n) is 2.50. The Bertz CT molecular complexity index is 549. The lowest BCUT2D eigenvalue weighted by atomic mass is 10.2. The second-order valence-corrected chi connectivity index (χ2v) is 4.30. The van der Waals surface area contributed by atoms with Crippen molar-refractivity contribution in [2.24, 2.45) is 0 Å². The molecule has 0 aliphatic heterocycles. The maximum atomic E-state index is 11.7. The third kappa shape index (κ3) is 4.06. The summed E-state index contributed by atoms with van der Waals surface area (Å²) in [7, 11) is 0. The number of carbonyl (C=O) groups is 1. The van der Waals surface area contributed by atoms with Crippen LogP contribution in [0.2, 0.25) is 0 Å². The van der Waals surface area contributed by atoms with Crippen LogP contribution in [0.5, 0.6) is 0 Å². The number of aromatic nitrogens is 2. The molecule has 0 aromatic carbocycles. The summed E-state index contributed by atoms with van der Waals surface area (Å²) in [5.41, 5.74) is 2.75. The van der Waals surface area contributed by atoms with Crippen LogP contribution < -0.4 is 10.6 Å². The van der Waals surface area contributed by atoms with Gasteiger partial charge in [-0.15, -0.1) is 0 Å². The highest BCUT2D eigenvalue weighted by Crippen LogP contribution is 2.08. The van der Waals surface area contributed by atoms with Gasteiger partial charge in [0.15, 0.2) is 0 Å². The average molecular weight is 256 g/mol. The lowest BCUT2D eigenvalue weighted by Gasteiger charge is -2.08. The average Bonchev–Trinajstić information content (AvgIpc) is 2.36. The molecule has 2 aromatic heterocycles. The number of hydrogen-bond donors (Lipinski definition) is 2. The van der Waals surface area contributed by atoms with E-state index in [1.807, 2.05) is 44.2 Å². The van der Waals surface area contributed by atoms with Crippen molar-refractivity contribution in [2.45, 2.75) is 20.4 Å². The highest BCUT2D eigenvalue weighted by molar-refractivity contribution is 5.88. The van der Waals surface area contributed by atoms with Gasteiger partial charge in [0.05, 0.1) is 12.2 Å². The molecule has 0 aliphatic rings. The predicted molar refractivity (Wildman–Crippen MR) is 73.8 cm³/mol. The molecule has 2 amide bonds. The molecule has 0 radical (unpaired) electrons. The van der Waals surface area contributed by atoms with Crippen LogP contribution in [-0.4, -0.2) is 16.0 Å². The molecule has 19 heavy (non-hydrogen) atoms. The fraction of sp³-hybridized carbons (Fsp3) is 0.214. The van der Waals surface area contributed by atoms with Crippen molar-refractivity contribution >= 4 is 11.8 Å². The first-order valence-electron chi connectivity index (χ1n) is 6.03. The zero-order valence-electron chi connectivity index (χ0n) is 11.0. The fourth-order valence-corrected chi connectivity index (χ4v) is 1.74. The number of amides is 2. The van der Waals surface area contributed by atoms with Crippen LogP contribution in [-0.2, 0) is 6.54 Å². The molecule has 0 unspecified atom stereocenters. The summed E-state index contributed by atoms with van der Waals surface area (Å²) in [5, 5.41) is 5.44. The van der Waals surface area contributed by atoms with Gasteiger partial charge in [0.2, 0.25) is 0 Å². The molecule has 2 aromatic rings. The van der Waals surface area contributed by atoms with Crippen LogP contribution in [0.1, 0.15) is 17.0 Å². The van der Waals surface area contributed by atoms with Gasteiger partial charge < -0.3 is 5.32 Å². The Morgan fingerprint density at radius 2 is 2.11 bits per heavy atom. The number of urea groups is 1. The second-order valence-electron chi connectivity index (χ2n) is 4.30. The summed E-state index contributed by atoms with van der Waals surface area (Å²) in [4.78, 5) is 20.1. The number of carbonyl (C=O) groups excluding carboxylic acids is 1. The van der Waals surface area contributed by atoms with Gasteiger partial charge in [-0.2, -0.15) is 0 Å².